The molecule has 2 N–H and O–H groups in total. The van der Waals surface area contributed by atoms with E-state index < -0.39 is 0 Å². The highest BCUT2D eigenvalue weighted by molar-refractivity contribution is 6.07. The van der Waals surface area contributed by atoms with Gasteiger partial charge in [-0.25, -0.2) is 4.98 Å². The van der Waals surface area contributed by atoms with Crippen LogP contribution >= 0.6 is 0 Å². The van der Waals surface area contributed by atoms with E-state index in [9.17, 15) is 9.59 Å². The Kier molecular flexibility index (Phi) is 6.57. The van der Waals surface area contributed by atoms with E-state index in [0.717, 1.165) is 16.5 Å². The molecule has 35 heavy (non-hydrogen) atoms. The molecule has 0 aliphatic carbocycles. The summed E-state index contributed by atoms with van der Waals surface area (Å²) in [5, 5.41) is 6.50. The minimum Gasteiger partial charge on any atom is -0.486 e. The third kappa shape index (κ3) is 5.24. The van der Waals surface area contributed by atoms with Gasteiger partial charge in [-0.1, -0.05) is 48.5 Å². The van der Waals surface area contributed by atoms with Crippen LogP contribution in [0.1, 0.15) is 22.3 Å². The van der Waals surface area contributed by atoms with Crippen molar-refractivity contribution in [1.29, 1.82) is 0 Å². The fraction of sp³-hybridized carbons (Fsp3) is 0.179. The molecule has 0 radical (unpaired) electrons. The summed E-state index contributed by atoms with van der Waals surface area (Å²) in [7, 11) is 0. The molecule has 4 aromatic rings. The molecule has 0 saturated heterocycles. The van der Waals surface area contributed by atoms with E-state index in [1.807, 2.05) is 72.8 Å². The standard InChI is InChI=1S/C28H25N3O4/c32-27(30-18-19-6-2-1-3-7-19)12-13-29-28(33)22-17-24(31-23-9-5-4-8-21(22)23)20-10-11-25-26(16-20)35-15-14-34-25/h1-11,16-17H,12-15,18H2,(H,29,33)(H,30,32). The Balaban J connectivity index is 1.30. The maximum Gasteiger partial charge on any atom is 0.252 e. The van der Waals surface area contributed by atoms with E-state index in [0.29, 0.717) is 48.0 Å². The predicted octanol–water partition coefficient (Wildman–Crippen LogP) is 4.11. The number of carbonyl (C=O) groups excluding carboxylic acids is 2. The van der Waals surface area contributed by atoms with Crippen LogP contribution in [0, 0.1) is 0 Å². The maximum atomic E-state index is 13.1. The van der Waals surface area contributed by atoms with Gasteiger partial charge < -0.3 is 20.1 Å². The number of hydrogen-bond acceptors (Lipinski definition) is 5. The number of rotatable bonds is 7. The van der Waals surface area contributed by atoms with Gasteiger partial charge in [0.15, 0.2) is 11.5 Å². The fourth-order valence-corrected chi connectivity index (χ4v) is 3.98. The third-order valence-corrected chi connectivity index (χ3v) is 5.77. The van der Waals surface area contributed by atoms with Gasteiger partial charge in [0, 0.05) is 30.5 Å². The van der Waals surface area contributed by atoms with Gasteiger partial charge in [-0.3, -0.25) is 9.59 Å². The lowest BCUT2D eigenvalue weighted by Gasteiger charge is -2.19. The fourth-order valence-electron chi connectivity index (χ4n) is 3.98. The lowest BCUT2D eigenvalue weighted by molar-refractivity contribution is -0.121. The number of carbonyl (C=O) groups is 2. The van der Waals surface area contributed by atoms with Crippen LogP contribution in [0.25, 0.3) is 22.2 Å². The van der Waals surface area contributed by atoms with E-state index in [2.05, 4.69) is 10.6 Å². The number of nitrogens with one attached hydrogen (secondary N) is 2. The lowest BCUT2D eigenvalue weighted by Crippen LogP contribution is -2.30. The molecule has 0 bridgehead atoms. The predicted molar refractivity (Wildman–Crippen MR) is 133 cm³/mol. The largest absolute Gasteiger partial charge is 0.486 e. The van der Waals surface area contributed by atoms with Gasteiger partial charge in [-0.15, -0.1) is 0 Å². The molecule has 0 fully saturated rings. The summed E-state index contributed by atoms with van der Waals surface area (Å²) in [6.45, 7) is 1.71. The van der Waals surface area contributed by atoms with Crippen molar-refractivity contribution in [3.8, 4) is 22.8 Å². The van der Waals surface area contributed by atoms with Crippen molar-refractivity contribution < 1.29 is 19.1 Å². The van der Waals surface area contributed by atoms with Crippen LogP contribution in [-0.2, 0) is 11.3 Å². The van der Waals surface area contributed by atoms with Gasteiger partial charge in [0.1, 0.15) is 13.2 Å². The average Bonchev–Trinajstić information content (AvgIpc) is 2.91. The number of ether oxygens (including phenoxy) is 2. The van der Waals surface area contributed by atoms with Gasteiger partial charge in [0.05, 0.1) is 16.8 Å². The second-order valence-corrected chi connectivity index (χ2v) is 8.20. The summed E-state index contributed by atoms with van der Waals surface area (Å²) in [5.41, 5.74) is 3.73. The monoisotopic (exact) mass is 467 g/mol. The van der Waals surface area contributed by atoms with E-state index in [1.165, 1.54) is 0 Å². The molecule has 1 aromatic heterocycles. The van der Waals surface area contributed by atoms with Crippen molar-refractivity contribution in [3.63, 3.8) is 0 Å². The van der Waals surface area contributed by atoms with E-state index in [1.54, 1.807) is 6.07 Å². The van der Waals surface area contributed by atoms with Crippen molar-refractivity contribution in [2.24, 2.45) is 0 Å². The highest BCUT2D eigenvalue weighted by atomic mass is 16.6. The summed E-state index contributed by atoms with van der Waals surface area (Å²) in [5.74, 6) is 0.990. The van der Waals surface area contributed by atoms with Crippen LogP contribution in [0.15, 0.2) is 78.9 Å². The molecule has 176 valence electrons. The zero-order chi connectivity index (χ0) is 24.0. The molecular weight excluding hydrogens is 442 g/mol. The Morgan fingerprint density at radius 3 is 2.46 bits per heavy atom. The van der Waals surface area contributed by atoms with Gasteiger partial charge >= 0.3 is 0 Å². The SMILES string of the molecule is O=C(CCNC(=O)c1cc(-c2ccc3c(c2)OCCO3)nc2ccccc12)NCc1ccccc1. The second-order valence-electron chi connectivity index (χ2n) is 8.20. The molecular formula is C28H25N3O4. The molecule has 2 heterocycles. The van der Waals surface area contributed by atoms with Crippen molar-refractivity contribution >= 4 is 22.7 Å². The quantitative estimate of drug-likeness (QED) is 0.427. The zero-order valence-corrected chi connectivity index (χ0v) is 19.1. The number of hydrogen-bond donors (Lipinski definition) is 2. The van der Waals surface area contributed by atoms with Gasteiger partial charge in [0.2, 0.25) is 5.91 Å². The topological polar surface area (TPSA) is 89.6 Å². The van der Waals surface area contributed by atoms with Crippen molar-refractivity contribution in [2.75, 3.05) is 19.8 Å². The summed E-state index contributed by atoms with van der Waals surface area (Å²) in [6, 6.07) is 24.6. The highest BCUT2D eigenvalue weighted by Gasteiger charge is 2.17. The van der Waals surface area contributed by atoms with Crippen LogP contribution in [-0.4, -0.2) is 36.6 Å². The van der Waals surface area contributed by atoms with Crippen molar-refractivity contribution in [1.82, 2.24) is 15.6 Å². The number of fused-ring (bicyclic) bond motifs is 2. The Morgan fingerprint density at radius 1 is 0.829 bits per heavy atom. The molecule has 0 spiro atoms. The highest BCUT2D eigenvalue weighted by Crippen LogP contribution is 2.35. The summed E-state index contributed by atoms with van der Waals surface area (Å²) < 4.78 is 11.3. The van der Waals surface area contributed by atoms with Crippen molar-refractivity contribution in [2.45, 2.75) is 13.0 Å². The molecule has 1 aliphatic rings. The maximum absolute atomic E-state index is 13.1. The first-order valence-electron chi connectivity index (χ1n) is 11.6. The molecule has 2 amide bonds. The Morgan fingerprint density at radius 2 is 1.60 bits per heavy atom. The number of aromatic nitrogens is 1. The molecule has 0 unspecified atom stereocenters. The van der Waals surface area contributed by atoms with Gasteiger partial charge in [0.25, 0.3) is 5.91 Å². The summed E-state index contributed by atoms with van der Waals surface area (Å²) in [4.78, 5) is 30.1. The minimum absolute atomic E-state index is 0.120. The normalized spacial score (nSPS) is 12.2. The molecule has 0 atom stereocenters. The molecule has 3 aromatic carbocycles. The number of para-hydroxylation sites is 1. The number of pyridine rings is 1. The zero-order valence-electron chi connectivity index (χ0n) is 19.1. The van der Waals surface area contributed by atoms with Gasteiger partial charge in [-0.2, -0.15) is 0 Å². The summed E-state index contributed by atoms with van der Waals surface area (Å²) in [6.07, 6.45) is 0.191. The van der Waals surface area contributed by atoms with Crippen LogP contribution in [0.4, 0.5) is 0 Å². The molecule has 5 rings (SSSR count). The molecule has 0 saturated carbocycles. The number of benzene rings is 3. The van der Waals surface area contributed by atoms with Crippen LogP contribution in [0.3, 0.4) is 0 Å². The Bertz CT molecular complexity index is 1370. The second kappa shape index (κ2) is 10.3. The number of amides is 2. The third-order valence-electron chi connectivity index (χ3n) is 5.77. The summed E-state index contributed by atoms with van der Waals surface area (Å²) >= 11 is 0. The van der Waals surface area contributed by atoms with E-state index >= 15 is 0 Å². The first-order valence-corrected chi connectivity index (χ1v) is 11.6. The van der Waals surface area contributed by atoms with Gasteiger partial charge in [-0.05, 0) is 35.9 Å². The van der Waals surface area contributed by atoms with Crippen LogP contribution in [0.5, 0.6) is 11.5 Å². The smallest absolute Gasteiger partial charge is 0.252 e. The van der Waals surface area contributed by atoms with Crippen LogP contribution < -0.4 is 20.1 Å². The molecule has 7 heteroatoms. The number of nitrogens with zero attached hydrogens (tertiary/aromatic N) is 1. The Labute approximate surface area is 203 Å². The first kappa shape index (κ1) is 22.4. The van der Waals surface area contributed by atoms with Crippen LogP contribution in [0.2, 0.25) is 0 Å². The lowest BCUT2D eigenvalue weighted by atomic mass is 10.0. The average molecular weight is 468 g/mol. The van der Waals surface area contributed by atoms with E-state index in [4.69, 9.17) is 14.5 Å². The molecule has 1 aliphatic heterocycles. The van der Waals surface area contributed by atoms with E-state index in [-0.39, 0.29) is 24.8 Å². The van der Waals surface area contributed by atoms with Crippen molar-refractivity contribution in [3.05, 3.63) is 90.0 Å². The minimum atomic E-state index is -0.252. The Hall–Kier alpha value is -4.39. The first-order chi connectivity index (χ1) is 17.2. The molecule has 7 nitrogen and oxygen atoms in total.